The fraction of sp³-hybridized carbons (Fsp3) is 0.333. The fourth-order valence-corrected chi connectivity index (χ4v) is 1.72. The molecule has 1 N–H and O–H groups in total. The molecular formula is C12H12Cl2F3NO. The van der Waals surface area contributed by atoms with Crippen LogP contribution in [0.3, 0.4) is 0 Å². The van der Waals surface area contributed by atoms with E-state index in [0.717, 1.165) is 6.07 Å². The van der Waals surface area contributed by atoms with Crippen molar-refractivity contribution in [2.75, 3.05) is 19.0 Å². The Morgan fingerprint density at radius 2 is 2.00 bits per heavy atom. The minimum absolute atomic E-state index is 0.000359. The van der Waals surface area contributed by atoms with Crippen molar-refractivity contribution >= 4 is 28.9 Å². The van der Waals surface area contributed by atoms with Crippen molar-refractivity contribution in [2.45, 2.75) is 13.1 Å². The first-order chi connectivity index (χ1) is 8.75. The lowest BCUT2D eigenvalue weighted by atomic mass is 10.1. The van der Waals surface area contributed by atoms with Gasteiger partial charge in [0.25, 0.3) is 0 Å². The molecule has 0 atom stereocenters. The summed E-state index contributed by atoms with van der Waals surface area (Å²) in [6.07, 6.45) is -3.11. The van der Waals surface area contributed by atoms with Gasteiger partial charge in [0, 0.05) is 12.7 Å². The quantitative estimate of drug-likeness (QED) is 0.865. The van der Waals surface area contributed by atoms with Crippen molar-refractivity contribution in [1.29, 1.82) is 0 Å². The van der Waals surface area contributed by atoms with Crippen LogP contribution in [0.4, 0.5) is 18.9 Å². The van der Waals surface area contributed by atoms with Gasteiger partial charge in [-0.05, 0) is 30.7 Å². The number of aryl methyl sites for hydroxylation is 1. The van der Waals surface area contributed by atoms with Gasteiger partial charge in [-0.2, -0.15) is 13.2 Å². The summed E-state index contributed by atoms with van der Waals surface area (Å²) in [6, 6.07) is 2.45. The number of hydrogen-bond acceptors (Lipinski definition) is 2. The third-order valence-electron chi connectivity index (χ3n) is 2.35. The van der Waals surface area contributed by atoms with Crippen molar-refractivity contribution in [3.63, 3.8) is 0 Å². The Bertz CT molecular complexity index is 483. The maximum atomic E-state index is 12.9. The summed E-state index contributed by atoms with van der Waals surface area (Å²) in [4.78, 5) is 0. The van der Waals surface area contributed by atoms with Gasteiger partial charge >= 0.3 is 6.18 Å². The second-order valence-electron chi connectivity index (χ2n) is 3.72. The highest BCUT2D eigenvalue weighted by atomic mass is 35.5. The second kappa shape index (κ2) is 6.39. The molecule has 7 heteroatoms. The van der Waals surface area contributed by atoms with Crippen molar-refractivity contribution in [3.05, 3.63) is 33.8 Å². The highest BCUT2D eigenvalue weighted by Gasteiger charge is 2.34. The van der Waals surface area contributed by atoms with Crippen LogP contribution in [0.1, 0.15) is 11.1 Å². The molecule has 0 amide bonds. The van der Waals surface area contributed by atoms with E-state index in [2.05, 4.69) is 5.32 Å². The van der Waals surface area contributed by atoms with E-state index in [4.69, 9.17) is 27.9 Å². The van der Waals surface area contributed by atoms with E-state index < -0.39 is 11.7 Å². The molecular weight excluding hydrogens is 302 g/mol. The number of nitrogens with one attached hydrogen (secondary N) is 1. The zero-order valence-corrected chi connectivity index (χ0v) is 11.7. The van der Waals surface area contributed by atoms with Crippen LogP contribution >= 0.6 is 23.2 Å². The van der Waals surface area contributed by atoms with Crippen molar-refractivity contribution in [2.24, 2.45) is 0 Å². The van der Waals surface area contributed by atoms with Crippen LogP contribution < -0.4 is 10.1 Å². The van der Waals surface area contributed by atoms with Crippen LogP contribution in [0.15, 0.2) is 22.7 Å². The molecule has 0 aromatic heterocycles. The standard InChI is InChI=1S/C12H12Cl2F3NO/c1-7-5-8(19-4-3-10(13)14)6-9(11(7)18-2)12(15,16)17/h3,5-6,18H,4H2,1-2H3. The summed E-state index contributed by atoms with van der Waals surface area (Å²) in [5, 5.41) is 2.54. The predicted octanol–water partition coefficient (Wildman–Crippen LogP) is 4.75. The third kappa shape index (κ3) is 4.51. The molecule has 0 radical (unpaired) electrons. The predicted molar refractivity (Wildman–Crippen MR) is 71.0 cm³/mol. The maximum absolute atomic E-state index is 12.9. The van der Waals surface area contributed by atoms with Crippen molar-refractivity contribution in [1.82, 2.24) is 0 Å². The molecule has 0 aliphatic rings. The van der Waals surface area contributed by atoms with Crippen LogP contribution in [0.2, 0.25) is 0 Å². The van der Waals surface area contributed by atoms with E-state index in [1.807, 2.05) is 0 Å². The van der Waals surface area contributed by atoms with E-state index in [-0.39, 0.29) is 22.5 Å². The normalized spacial score (nSPS) is 11.1. The number of hydrogen-bond donors (Lipinski definition) is 1. The van der Waals surface area contributed by atoms with Crippen LogP contribution in [-0.4, -0.2) is 13.7 Å². The Kier molecular flexibility index (Phi) is 5.38. The first-order valence-corrected chi connectivity index (χ1v) is 6.05. The molecule has 0 aliphatic carbocycles. The molecule has 19 heavy (non-hydrogen) atoms. The topological polar surface area (TPSA) is 21.3 Å². The Morgan fingerprint density at radius 3 is 2.47 bits per heavy atom. The fourth-order valence-electron chi connectivity index (χ4n) is 1.59. The van der Waals surface area contributed by atoms with E-state index >= 15 is 0 Å². The van der Waals surface area contributed by atoms with Crippen molar-refractivity contribution in [3.8, 4) is 5.75 Å². The van der Waals surface area contributed by atoms with Gasteiger partial charge < -0.3 is 10.1 Å². The molecule has 0 saturated carbocycles. The van der Waals surface area contributed by atoms with Crippen molar-refractivity contribution < 1.29 is 17.9 Å². The Hall–Kier alpha value is -1.07. The number of ether oxygens (including phenoxy) is 1. The first kappa shape index (κ1) is 16.0. The van der Waals surface area contributed by atoms with E-state index in [0.29, 0.717) is 5.56 Å². The molecule has 0 spiro atoms. The molecule has 2 nitrogen and oxygen atoms in total. The summed E-state index contributed by atoms with van der Waals surface area (Å²) in [7, 11) is 1.44. The van der Waals surface area contributed by atoms with E-state index in [1.54, 1.807) is 6.92 Å². The van der Waals surface area contributed by atoms with Crippen LogP contribution in [0.5, 0.6) is 5.75 Å². The molecule has 0 aliphatic heterocycles. The number of halogens is 5. The minimum Gasteiger partial charge on any atom is -0.489 e. The first-order valence-electron chi connectivity index (χ1n) is 5.29. The summed E-state index contributed by atoms with van der Waals surface area (Å²) in [6.45, 7) is 1.57. The van der Waals surface area contributed by atoms with Gasteiger partial charge in [-0.15, -0.1) is 0 Å². The average Bonchev–Trinajstić information content (AvgIpc) is 2.26. The summed E-state index contributed by atoms with van der Waals surface area (Å²) in [5.74, 6) is 0.106. The maximum Gasteiger partial charge on any atom is 0.418 e. The second-order valence-corrected chi connectivity index (χ2v) is 4.72. The summed E-state index contributed by atoms with van der Waals surface area (Å²) in [5.41, 5.74) is -0.301. The van der Waals surface area contributed by atoms with Gasteiger partial charge in [-0.25, -0.2) is 0 Å². The largest absolute Gasteiger partial charge is 0.489 e. The molecule has 1 rings (SSSR count). The lowest BCUT2D eigenvalue weighted by Gasteiger charge is -2.17. The summed E-state index contributed by atoms with van der Waals surface area (Å²) >= 11 is 10.8. The Labute approximate surface area is 119 Å². The van der Waals surface area contributed by atoms with Crippen LogP contribution in [0.25, 0.3) is 0 Å². The number of rotatable bonds is 4. The van der Waals surface area contributed by atoms with Crippen LogP contribution in [0, 0.1) is 6.92 Å². The monoisotopic (exact) mass is 313 g/mol. The zero-order chi connectivity index (χ0) is 14.6. The minimum atomic E-state index is -4.46. The highest BCUT2D eigenvalue weighted by Crippen LogP contribution is 2.39. The average molecular weight is 314 g/mol. The number of anilines is 1. The molecule has 1 aromatic rings. The number of benzene rings is 1. The Balaban J connectivity index is 3.10. The molecule has 0 heterocycles. The Morgan fingerprint density at radius 1 is 1.37 bits per heavy atom. The van der Waals surface area contributed by atoms with Gasteiger partial charge in [-0.3, -0.25) is 0 Å². The lowest BCUT2D eigenvalue weighted by molar-refractivity contribution is -0.137. The van der Waals surface area contributed by atoms with Gasteiger partial charge in [0.05, 0.1) is 5.56 Å². The van der Waals surface area contributed by atoms with Gasteiger partial charge in [0.1, 0.15) is 16.8 Å². The molecule has 0 saturated heterocycles. The summed E-state index contributed by atoms with van der Waals surface area (Å²) < 4.78 is 43.8. The number of alkyl halides is 3. The molecule has 0 unspecified atom stereocenters. The highest BCUT2D eigenvalue weighted by molar-refractivity contribution is 6.55. The zero-order valence-electron chi connectivity index (χ0n) is 10.2. The smallest absolute Gasteiger partial charge is 0.418 e. The van der Waals surface area contributed by atoms with Gasteiger partial charge in [0.2, 0.25) is 0 Å². The lowest BCUT2D eigenvalue weighted by Crippen LogP contribution is -2.11. The van der Waals surface area contributed by atoms with Crippen LogP contribution in [-0.2, 0) is 6.18 Å². The van der Waals surface area contributed by atoms with E-state index in [1.165, 1.54) is 19.2 Å². The van der Waals surface area contributed by atoms with Gasteiger partial charge in [-0.1, -0.05) is 23.2 Å². The van der Waals surface area contributed by atoms with Gasteiger partial charge in [0.15, 0.2) is 0 Å². The molecule has 1 aromatic carbocycles. The molecule has 0 bridgehead atoms. The molecule has 106 valence electrons. The van der Waals surface area contributed by atoms with E-state index in [9.17, 15) is 13.2 Å². The third-order valence-corrected chi connectivity index (χ3v) is 2.66. The molecule has 0 fully saturated rings. The SMILES string of the molecule is CNc1c(C)cc(OCC=C(Cl)Cl)cc1C(F)(F)F.